The van der Waals surface area contributed by atoms with Gasteiger partial charge in [-0.1, -0.05) is 48.2 Å². The molecule has 4 aromatic rings. The molecule has 2 amide bonds. The van der Waals surface area contributed by atoms with Crippen molar-refractivity contribution < 1.29 is 19.1 Å². The lowest BCUT2D eigenvalue weighted by molar-refractivity contribution is -0.113. The summed E-state index contributed by atoms with van der Waals surface area (Å²) >= 11 is 3.93. The highest BCUT2D eigenvalue weighted by atomic mass is 32.2. The number of nitrogens with zero attached hydrogens (tertiary/aromatic N) is 4. The Bertz CT molecular complexity index is 1570. The largest absolute Gasteiger partial charge is 0.465 e. The molecular formula is C28H29N5O4S3. The second kappa shape index (κ2) is 12.6. The molecule has 0 saturated carbocycles. The van der Waals surface area contributed by atoms with E-state index in [-0.39, 0.29) is 28.1 Å². The Kier molecular flexibility index (Phi) is 9.23. The number of carbonyl (C=O) groups is 3. The molecule has 3 aromatic heterocycles. The molecule has 0 spiro atoms. The number of hydrogen-bond acceptors (Lipinski definition) is 9. The number of anilines is 1. The molecule has 1 aromatic carbocycles. The molecule has 208 valence electrons. The van der Waals surface area contributed by atoms with Crippen molar-refractivity contribution in [1.29, 1.82) is 0 Å². The van der Waals surface area contributed by atoms with Crippen LogP contribution in [0.5, 0.6) is 0 Å². The van der Waals surface area contributed by atoms with Gasteiger partial charge in [-0.05, 0) is 25.0 Å². The van der Waals surface area contributed by atoms with Crippen molar-refractivity contribution in [2.45, 2.75) is 25.5 Å². The monoisotopic (exact) mass is 595 g/mol. The van der Waals surface area contributed by atoms with Gasteiger partial charge in [-0.2, -0.15) is 0 Å². The molecule has 40 heavy (non-hydrogen) atoms. The first kappa shape index (κ1) is 29.2. The molecule has 1 N–H and O–H groups in total. The number of benzene rings is 1. The summed E-state index contributed by atoms with van der Waals surface area (Å²) in [6, 6.07) is 10.1. The summed E-state index contributed by atoms with van der Waals surface area (Å²) in [5.41, 5.74) is 3.81. The number of hydrogen-bond donors (Lipinski definition) is 1. The molecule has 12 heteroatoms. The van der Waals surface area contributed by atoms with Crippen molar-refractivity contribution in [3.8, 4) is 22.5 Å². The second-order valence-electron chi connectivity index (χ2n) is 8.94. The Morgan fingerprint density at radius 1 is 1.18 bits per heavy atom. The zero-order valence-corrected chi connectivity index (χ0v) is 25.3. The minimum Gasteiger partial charge on any atom is -0.465 e. The van der Waals surface area contributed by atoms with Gasteiger partial charge in [-0.3, -0.25) is 14.2 Å². The molecule has 9 nitrogen and oxygen atoms in total. The van der Waals surface area contributed by atoms with Gasteiger partial charge in [0.2, 0.25) is 5.91 Å². The van der Waals surface area contributed by atoms with Gasteiger partial charge >= 0.3 is 5.97 Å². The number of carbonyl (C=O) groups excluding carboxylic acids is 3. The van der Waals surface area contributed by atoms with E-state index in [1.807, 2.05) is 22.8 Å². The zero-order valence-electron chi connectivity index (χ0n) is 22.8. The van der Waals surface area contributed by atoms with Crippen LogP contribution in [0.25, 0.3) is 22.5 Å². The van der Waals surface area contributed by atoms with Crippen LogP contribution >= 0.6 is 34.4 Å². The molecule has 0 fully saturated rings. The van der Waals surface area contributed by atoms with E-state index in [4.69, 9.17) is 4.74 Å². The zero-order chi connectivity index (χ0) is 29.0. The summed E-state index contributed by atoms with van der Waals surface area (Å²) < 4.78 is 6.84. The number of ether oxygens (including phenoxy) is 1. The van der Waals surface area contributed by atoms with Crippen LogP contribution in [-0.4, -0.2) is 64.4 Å². The molecule has 0 bridgehead atoms. The number of esters is 1. The first-order valence-electron chi connectivity index (χ1n) is 12.2. The molecular weight excluding hydrogens is 567 g/mol. The lowest BCUT2D eigenvalue weighted by Crippen LogP contribution is -2.21. The summed E-state index contributed by atoms with van der Waals surface area (Å²) in [5.74, 6) is -0.528. The molecule has 0 atom stereocenters. The second-order valence-corrected chi connectivity index (χ2v) is 12.0. The Morgan fingerprint density at radius 2 is 1.90 bits per heavy atom. The van der Waals surface area contributed by atoms with Gasteiger partial charge in [0.15, 0.2) is 11.0 Å². The number of rotatable bonds is 10. The summed E-state index contributed by atoms with van der Waals surface area (Å²) in [4.78, 5) is 41.1. The molecule has 0 aliphatic carbocycles. The van der Waals surface area contributed by atoms with Gasteiger partial charge in [0.25, 0.3) is 5.91 Å². The highest BCUT2D eigenvalue weighted by Gasteiger charge is 2.27. The third-order valence-electron chi connectivity index (χ3n) is 6.03. The van der Waals surface area contributed by atoms with Crippen molar-refractivity contribution in [2.75, 3.05) is 32.3 Å². The van der Waals surface area contributed by atoms with Gasteiger partial charge in [0, 0.05) is 42.0 Å². The normalized spacial score (nSPS) is 10.8. The Labute approximate surface area is 244 Å². The fourth-order valence-electron chi connectivity index (χ4n) is 4.12. The molecule has 0 radical (unpaired) electrons. The minimum absolute atomic E-state index is 0.0119. The van der Waals surface area contributed by atoms with E-state index >= 15 is 0 Å². The quantitative estimate of drug-likeness (QED) is 0.141. The van der Waals surface area contributed by atoms with Crippen LogP contribution in [0, 0.1) is 13.8 Å². The molecule has 0 saturated heterocycles. The van der Waals surface area contributed by atoms with Gasteiger partial charge in [0.1, 0.15) is 5.00 Å². The first-order chi connectivity index (χ1) is 19.2. The van der Waals surface area contributed by atoms with Crippen molar-refractivity contribution in [1.82, 2.24) is 19.7 Å². The third kappa shape index (κ3) is 5.88. The fraction of sp³-hybridized carbons (Fsp3) is 0.250. The third-order valence-corrected chi connectivity index (χ3v) is 9.10. The summed E-state index contributed by atoms with van der Waals surface area (Å²) in [5, 5.41) is 14.6. The number of allylic oxidation sites excluding steroid dienone is 1. The molecule has 3 heterocycles. The topological polar surface area (TPSA) is 106 Å². The molecule has 0 aliphatic rings. The number of nitrogens with one attached hydrogen (secondary N) is 1. The van der Waals surface area contributed by atoms with E-state index in [0.717, 1.165) is 28.0 Å². The van der Waals surface area contributed by atoms with E-state index in [1.54, 1.807) is 38.4 Å². The number of amides is 2. The summed E-state index contributed by atoms with van der Waals surface area (Å²) in [6.45, 7) is 8.09. The van der Waals surface area contributed by atoms with Crippen LogP contribution in [0.3, 0.4) is 0 Å². The van der Waals surface area contributed by atoms with Crippen LogP contribution in [0.15, 0.2) is 53.5 Å². The maximum atomic E-state index is 13.0. The van der Waals surface area contributed by atoms with E-state index in [0.29, 0.717) is 28.0 Å². The summed E-state index contributed by atoms with van der Waals surface area (Å²) in [7, 11) is 4.51. The highest BCUT2D eigenvalue weighted by molar-refractivity contribution is 7.99. The van der Waals surface area contributed by atoms with Crippen molar-refractivity contribution in [2.24, 2.45) is 0 Å². The molecule has 0 unspecified atom stereocenters. The Morgan fingerprint density at radius 3 is 2.55 bits per heavy atom. The molecule has 4 rings (SSSR count). The predicted molar refractivity (Wildman–Crippen MR) is 161 cm³/mol. The first-order valence-corrected chi connectivity index (χ1v) is 14.9. The Balaban J connectivity index is 1.58. The van der Waals surface area contributed by atoms with Crippen LogP contribution in [-0.2, 0) is 16.1 Å². The van der Waals surface area contributed by atoms with Gasteiger partial charge in [-0.25, -0.2) is 4.79 Å². The van der Waals surface area contributed by atoms with E-state index in [2.05, 4.69) is 46.5 Å². The van der Waals surface area contributed by atoms with E-state index in [1.165, 1.54) is 28.6 Å². The van der Waals surface area contributed by atoms with Crippen LogP contribution in [0.1, 0.15) is 30.5 Å². The minimum atomic E-state index is -0.620. The molecule has 0 aliphatic heterocycles. The van der Waals surface area contributed by atoms with Crippen LogP contribution in [0.2, 0.25) is 0 Å². The maximum Gasteiger partial charge on any atom is 0.341 e. The smallest absolute Gasteiger partial charge is 0.341 e. The van der Waals surface area contributed by atoms with Crippen LogP contribution in [0.4, 0.5) is 5.00 Å². The SMILES string of the molecule is C=CCn1c(SCC(=O)Nc2sc(C(=O)N(C)C)c(C)c2C(=O)OC)nnc1-c1csc(C)c1-c1ccccc1. The van der Waals surface area contributed by atoms with Crippen molar-refractivity contribution >= 4 is 57.2 Å². The van der Waals surface area contributed by atoms with Gasteiger partial charge in [-0.15, -0.1) is 39.4 Å². The van der Waals surface area contributed by atoms with Gasteiger partial charge in [0.05, 0.1) is 23.3 Å². The number of aryl methyl sites for hydroxylation is 1. The maximum absolute atomic E-state index is 13.0. The predicted octanol–water partition coefficient (Wildman–Crippen LogP) is 5.76. The number of thiophene rings is 2. The number of methoxy groups -OCH3 is 1. The Hall–Kier alpha value is -3.74. The van der Waals surface area contributed by atoms with E-state index in [9.17, 15) is 14.4 Å². The number of thioether (sulfide) groups is 1. The average Bonchev–Trinajstić information content (AvgIpc) is 3.62. The highest BCUT2D eigenvalue weighted by Crippen LogP contribution is 2.39. The fourth-order valence-corrected chi connectivity index (χ4v) is 6.96. The standard InChI is InChI=1S/C28H29N5O4S3/c1-7-13-33-24(19-14-38-17(3)22(19)18-11-9-8-10-12-18)30-31-28(33)39-15-20(34)29-25-21(27(36)37-6)16(2)23(40-25)26(35)32(4)5/h7-12,14H,1,13,15H2,2-6H3,(H,29,34). The van der Waals surface area contributed by atoms with Crippen molar-refractivity contribution in [3.05, 3.63) is 69.2 Å². The van der Waals surface area contributed by atoms with E-state index < -0.39 is 5.97 Å². The van der Waals surface area contributed by atoms with Crippen molar-refractivity contribution in [3.63, 3.8) is 0 Å². The summed E-state index contributed by atoms with van der Waals surface area (Å²) in [6.07, 6.45) is 1.76. The lowest BCUT2D eigenvalue weighted by atomic mass is 10.0. The average molecular weight is 596 g/mol. The van der Waals surface area contributed by atoms with Crippen LogP contribution < -0.4 is 5.32 Å². The lowest BCUT2D eigenvalue weighted by Gasteiger charge is -2.10. The van der Waals surface area contributed by atoms with Gasteiger partial charge < -0.3 is 15.0 Å². The number of aromatic nitrogens is 3.